The maximum absolute atomic E-state index is 13.4. The van der Waals surface area contributed by atoms with Gasteiger partial charge in [0.05, 0.1) is 16.2 Å². The van der Waals surface area contributed by atoms with Crippen LogP contribution in [0.5, 0.6) is 0 Å². The third kappa shape index (κ3) is 4.13. The summed E-state index contributed by atoms with van der Waals surface area (Å²) in [7, 11) is -3.75. The Morgan fingerprint density at radius 3 is 2.54 bits per heavy atom. The Kier molecular flexibility index (Phi) is 5.63. The van der Waals surface area contributed by atoms with E-state index in [9.17, 15) is 8.42 Å². The number of thioether (sulfide) groups is 1. The second kappa shape index (κ2) is 8.82. The smallest absolute Gasteiger partial charge is 0.241 e. The van der Waals surface area contributed by atoms with Crippen molar-refractivity contribution >= 4 is 32.6 Å². The van der Waals surface area contributed by atoms with Crippen LogP contribution < -0.4 is 10.1 Å². The highest BCUT2D eigenvalue weighted by Crippen LogP contribution is 2.53. The van der Waals surface area contributed by atoms with Crippen molar-refractivity contribution in [3.63, 3.8) is 0 Å². The molecule has 0 amide bonds. The number of aromatic nitrogens is 3. The first-order valence-corrected chi connectivity index (χ1v) is 14.0. The zero-order valence-corrected chi connectivity index (χ0v) is 20.8. The second-order valence-electron chi connectivity index (χ2n) is 8.96. The molecule has 0 unspecified atom stereocenters. The summed E-state index contributed by atoms with van der Waals surface area (Å²) in [5.74, 6) is 0. The quantitative estimate of drug-likeness (QED) is 0.360. The molecule has 0 fully saturated rings. The van der Waals surface area contributed by atoms with Gasteiger partial charge in [-0.3, -0.25) is 5.43 Å². The van der Waals surface area contributed by atoms with Crippen LogP contribution in [0.3, 0.4) is 0 Å². The van der Waals surface area contributed by atoms with Gasteiger partial charge in [-0.1, -0.05) is 71.9 Å². The van der Waals surface area contributed by atoms with Crippen molar-refractivity contribution in [1.82, 2.24) is 19.6 Å². The summed E-state index contributed by atoms with van der Waals surface area (Å²) >= 11 is 1.52. The van der Waals surface area contributed by atoms with Crippen molar-refractivity contribution in [2.75, 3.05) is 5.43 Å². The molecule has 4 aromatic rings. The van der Waals surface area contributed by atoms with Gasteiger partial charge in [0.25, 0.3) is 0 Å². The molecule has 3 aromatic carbocycles. The van der Waals surface area contributed by atoms with E-state index in [0.29, 0.717) is 5.16 Å². The molecule has 9 heteroatoms. The van der Waals surface area contributed by atoms with Gasteiger partial charge in [-0.2, -0.15) is 0 Å². The zero-order chi connectivity index (χ0) is 24.0. The molecular formula is C26H25N5O2S2. The van der Waals surface area contributed by atoms with Gasteiger partial charge in [-0.15, -0.1) is 10.2 Å². The van der Waals surface area contributed by atoms with E-state index < -0.39 is 16.1 Å². The van der Waals surface area contributed by atoms with Crippen LogP contribution in [0.2, 0.25) is 0 Å². The number of sulfonamides is 1. The summed E-state index contributed by atoms with van der Waals surface area (Å²) in [5, 5.41) is 11.2. The van der Waals surface area contributed by atoms with Gasteiger partial charge in [-0.05, 0) is 60.2 Å². The molecule has 2 aliphatic carbocycles. The van der Waals surface area contributed by atoms with Crippen molar-refractivity contribution in [2.45, 2.75) is 47.5 Å². The topological polar surface area (TPSA) is 88.9 Å². The van der Waals surface area contributed by atoms with Crippen molar-refractivity contribution in [3.05, 3.63) is 95.5 Å². The van der Waals surface area contributed by atoms with E-state index in [0.717, 1.165) is 52.4 Å². The molecule has 0 saturated carbocycles. The molecule has 1 aromatic heterocycles. The lowest BCUT2D eigenvalue weighted by Crippen LogP contribution is -2.30. The first-order valence-electron chi connectivity index (χ1n) is 11.6. The molecule has 0 saturated heterocycles. The van der Waals surface area contributed by atoms with Crippen LogP contribution in [0.4, 0.5) is 0 Å². The first-order chi connectivity index (χ1) is 17.0. The van der Waals surface area contributed by atoms with E-state index in [1.807, 2.05) is 41.9 Å². The Morgan fingerprint density at radius 1 is 1.03 bits per heavy atom. The van der Waals surface area contributed by atoms with Crippen molar-refractivity contribution < 1.29 is 8.42 Å². The van der Waals surface area contributed by atoms with E-state index in [2.05, 4.69) is 44.6 Å². The fraction of sp³-hybridized carbons (Fsp3) is 0.231. The van der Waals surface area contributed by atoms with Crippen molar-refractivity contribution in [3.8, 4) is 0 Å². The van der Waals surface area contributed by atoms with Crippen molar-refractivity contribution in [2.24, 2.45) is 0 Å². The van der Waals surface area contributed by atoms with Gasteiger partial charge in [0.2, 0.25) is 15.2 Å². The Bertz CT molecular complexity index is 1540. The molecule has 2 atom stereocenters. The number of hydrogen-bond donors (Lipinski definition) is 2. The third-order valence-electron chi connectivity index (χ3n) is 6.58. The molecule has 0 aliphatic heterocycles. The summed E-state index contributed by atoms with van der Waals surface area (Å²) < 4.78 is 31.7. The Morgan fingerprint density at radius 2 is 1.80 bits per heavy atom. The van der Waals surface area contributed by atoms with Crippen LogP contribution in [0.1, 0.15) is 47.2 Å². The van der Waals surface area contributed by atoms with E-state index in [1.54, 1.807) is 18.5 Å². The highest BCUT2D eigenvalue weighted by atomic mass is 32.2. The van der Waals surface area contributed by atoms with Crippen LogP contribution >= 0.6 is 11.8 Å². The summed E-state index contributed by atoms with van der Waals surface area (Å²) in [5.41, 5.74) is 7.63. The molecule has 7 nitrogen and oxygen atoms in total. The molecule has 6 rings (SSSR count). The summed E-state index contributed by atoms with van der Waals surface area (Å²) in [6.45, 7) is 1.94. The van der Waals surface area contributed by atoms with Crippen LogP contribution in [-0.4, -0.2) is 23.3 Å². The SMILES string of the molecule is Cc1ccc(S(=O)(=O)N[C@@H]2c3cccc4cccc(c34)[C@@H]2Sc2nncn2NC2=CCCC2)cc1. The molecule has 0 spiro atoms. The molecule has 2 N–H and O–H groups in total. The Labute approximate surface area is 208 Å². The summed E-state index contributed by atoms with van der Waals surface area (Å²) in [6, 6.07) is 18.7. The minimum absolute atomic E-state index is 0.210. The molecule has 0 radical (unpaired) electrons. The third-order valence-corrected chi connectivity index (χ3v) is 9.31. The lowest BCUT2D eigenvalue weighted by Gasteiger charge is -2.23. The maximum Gasteiger partial charge on any atom is 0.241 e. The van der Waals surface area contributed by atoms with E-state index in [4.69, 9.17) is 0 Å². The summed E-state index contributed by atoms with van der Waals surface area (Å²) in [6.07, 6.45) is 7.05. The lowest BCUT2D eigenvalue weighted by atomic mass is 10.1. The number of nitrogens with zero attached hydrogens (tertiary/aromatic N) is 3. The Balaban J connectivity index is 1.38. The zero-order valence-electron chi connectivity index (χ0n) is 19.2. The van der Waals surface area contributed by atoms with Crippen LogP contribution in [0.15, 0.2) is 88.8 Å². The average molecular weight is 504 g/mol. The van der Waals surface area contributed by atoms with E-state index in [-0.39, 0.29) is 10.1 Å². The first kappa shape index (κ1) is 22.3. The monoisotopic (exact) mass is 503 g/mol. The van der Waals surface area contributed by atoms with E-state index >= 15 is 0 Å². The predicted octanol–water partition coefficient (Wildman–Crippen LogP) is 5.22. The molecule has 178 valence electrons. The fourth-order valence-corrected chi connectivity index (χ4v) is 7.39. The van der Waals surface area contributed by atoms with Crippen LogP contribution in [0, 0.1) is 6.92 Å². The average Bonchev–Trinajstić information content (AvgIpc) is 3.59. The lowest BCUT2D eigenvalue weighted by molar-refractivity contribution is 0.557. The molecule has 2 aliphatic rings. The maximum atomic E-state index is 13.4. The minimum atomic E-state index is -3.75. The number of allylic oxidation sites excluding steroid dienone is 2. The van der Waals surface area contributed by atoms with Gasteiger partial charge in [0, 0.05) is 5.70 Å². The highest BCUT2D eigenvalue weighted by Gasteiger charge is 2.38. The van der Waals surface area contributed by atoms with Gasteiger partial charge in [0.1, 0.15) is 6.33 Å². The largest absolute Gasteiger partial charge is 0.295 e. The number of aryl methyl sites for hydroxylation is 1. The van der Waals surface area contributed by atoms with Gasteiger partial charge < -0.3 is 0 Å². The minimum Gasteiger partial charge on any atom is -0.295 e. The van der Waals surface area contributed by atoms with Crippen LogP contribution in [0.25, 0.3) is 10.8 Å². The van der Waals surface area contributed by atoms with E-state index in [1.165, 1.54) is 11.8 Å². The van der Waals surface area contributed by atoms with Crippen molar-refractivity contribution in [1.29, 1.82) is 0 Å². The second-order valence-corrected chi connectivity index (χ2v) is 11.8. The Hall–Kier alpha value is -3.14. The normalized spacial score (nSPS) is 19.3. The number of rotatable bonds is 7. The number of nitrogens with one attached hydrogen (secondary N) is 2. The predicted molar refractivity (Wildman–Crippen MR) is 138 cm³/mol. The van der Waals surface area contributed by atoms with Gasteiger partial charge >= 0.3 is 0 Å². The highest BCUT2D eigenvalue weighted by molar-refractivity contribution is 7.99. The molecule has 35 heavy (non-hydrogen) atoms. The number of benzene rings is 3. The van der Waals surface area contributed by atoms with Gasteiger partial charge in [-0.25, -0.2) is 17.8 Å². The molecule has 0 bridgehead atoms. The van der Waals surface area contributed by atoms with Gasteiger partial charge in [0.15, 0.2) is 0 Å². The fourth-order valence-electron chi connectivity index (χ4n) is 4.87. The summed E-state index contributed by atoms with van der Waals surface area (Å²) in [4.78, 5) is 0.257. The standard InChI is InChI=1S/C26H25N5O2S2/c1-17-12-14-20(15-13-17)35(32,33)30-24-21-10-4-6-18-7-5-11-22(23(18)21)25(24)34-26-28-27-16-31(26)29-19-8-2-3-9-19/h4-8,10-16,24-25,29-30H,2-3,9H2,1H3/t24-,25+/m1/s1. The number of hydrogen-bond acceptors (Lipinski definition) is 6. The molecular weight excluding hydrogens is 478 g/mol. The molecule has 1 heterocycles. The van der Waals surface area contributed by atoms with Crippen LogP contribution in [-0.2, 0) is 10.0 Å².